The monoisotopic (exact) mass is 362 g/mol. The molecular weight excluding hydrogens is 344 g/mol. The van der Waals surface area contributed by atoms with Crippen LogP contribution in [0.1, 0.15) is 28.6 Å². The summed E-state index contributed by atoms with van der Waals surface area (Å²) in [6.07, 6.45) is 2.25. The molecule has 8 heteroatoms. The Morgan fingerprint density at radius 1 is 1.28 bits per heavy atom. The molecule has 1 aromatic heterocycles. The van der Waals surface area contributed by atoms with E-state index in [0.717, 1.165) is 25.1 Å². The van der Waals surface area contributed by atoms with E-state index in [1.807, 2.05) is 24.3 Å². The van der Waals surface area contributed by atoms with Crippen LogP contribution in [0.25, 0.3) is 0 Å². The first-order valence-corrected chi connectivity index (χ1v) is 8.66. The highest BCUT2D eigenvalue weighted by molar-refractivity contribution is 6.30. The summed E-state index contributed by atoms with van der Waals surface area (Å²) < 4.78 is 6.01. The zero-order chi connectivity index (χ0) is 17.4. The summed E-state index contributed by atoms with van der Waals surface area (Å²) in [6, 6.07) is 8.08. The first-order valence-electron chi connectivity index (χ1n) is 8.28. The third-order valence-electron chi connectivity index (χ3n) is 4.84. The Kier molecular flexibility index (Phi) is 4.37. The summed E-state index contributed by atoms with van der Waals surface area (Å²) in [4.78, 5) is 30.5. The molecule has 2 fully saturated rings. The van der Waals surface area contributed by atoms with E-state index in [1.165, 1.54) is 6.20 Å². The molecule has 2 aliphatic rings. The van der Waals surface area contributed by atoms with Crippen molar-refractivity contribution in [1.82, 2.24) is 20.2 Å². The fraction of sp³-hybridized carbons (Fsp3) is 0.412. The van der Waals surface area contributed by atoms with Crippen LogP contribution in [-0.4, -0.2) is 52.6 Å². The van der Waals surface area contributed by atoms with Crippen molar-refractivity contribution in [1.29, 1.82) is 0 Å². The molecule has 0 spiro atoms. The maximum absolute atomic E-state index is 12.2. The average Bonchev–Trinajstić information content (AvgIpc) is 3.20. The largest absolute Gasteiger partial charge is 0.371 e. The molecule has 0 saturated carbocycles. The van der Waals surface area contributed by atoms with E-state index >= 15 is 0 Å². The number of rotatable bonds is 3. The number of fused-ring (bicyclic) bond motifs is 1. The molecule has 0 unspecified atom stereocenters. The van der Waals surface area contributed by atoms with Gasteiger partial charge in [0.1, 0.15) is 5.69 Å². The Morgan fingerprint density at radius 2 is 2.08 bits per heavy atom. The molecule has 0 bridgehead atoms. The Morgan fingerprint density at radius 3 is 2.80 bits per heavy atom. The number of hydrogen-bond acceptors (Lipinski definition) is 4. The number of amides is 1. The van der Waals surface area contributed by atoms with Crippen molar-refractivity contribution >= 4 is 17.5 Å². The highest BCUT2D eigenvalue weighted by Gasteiger charge is 2.38. The Balaban J connectivity index is 1.37. The van der Waals surface area contributed by atoms with Crippen molar-refractivity contribution in [2.75, 3.05) is 19.7 Å². The van der Waals surface area contributed by atoms with Crippen molar-refractivity contribution in [3.05, 3.63) is 57.2 Å². The minimum atomic E-state index is -0.381. The van der Waals surface area contributed by atoms with Gasteiger partial charge in [0.15, 0.2) is 0 Å². The van der Waals surface area contributed by atoms with Crippen LogP contribution in [0.4, 0.5) is 0 Å². The number of nitrogens with zero attached hydrogens (tertiary/aromatic N) is 1. The van der Waals surface area contributed by atoms with E-state index in [4.69, 9.17) is 16.3 Å². The van der Waals surface area contributed by atoms with Gasteiger partial charge >= 0.3 is 5.69 Å². The van der Waals surface area contributed by atoms with Gasteiger partial charge in [-0.1, -0.05) is 23.7 Å². The quantitative estimate of drug-likeness (QED) is 0.767. The Labute approximate surface area is 149 Å². The predicted molar refractivity (Wildman–Crippen MR) is 92.8 cm³/mol. The van der Waals surface area contributed by atoms with Crippen LogP contribution in [0.3, 0.4) is 0 Å². The second-order valence-electron chi connectivity index (χ2n) is 6.54. The lowest BCUT2D eigenvalue weighted by Gasteiger charge is -2.35. The highest BCUT2D eigenvalue weighted by atomic mass is 35.5. The van der Waals surface area contributed by atoms with E-state index in [9.17, 15) is 9.59 Å². The van der Waals surface area contributed by atoms with Crippen LogP contribution >= 0.6 is 11.6 Å². The van der Waals surface area contributed by atoms with E-state index < -0.39 is 0 Å². The van der Waals surface area contributed by atoms with Crippen LogP contribution in [0.15, 0.2) is 35.3 Å². The lowest BCUT2D eigenvalue weighted by atomic mass is 10.1. The minimum absolute atomic E-state index is 0.0176. The topological polar surface area (TPSA) is 90.2 Å². The van der Waals surface area contributed by atoms with Crippen LogP contribution in [-0.2, 0) is 4.74 Å². The summed E-state index contributed by atoms with van der Waals surface area (Å²) in [5, 5.41) is 3.70. The molecule has 2 saturated heterocycles. The molecule has 3 heterocycles. The molecule has 7 nitrogen and oxygen atoms in total. The second kappa shape index (κ2) is 6.67. The summed E-state index contributed by atoms with van der Waals surface area (Å²) in [5.41, 5.74) is 0.985. The van der Waals surface area contributed by atoms with Crippen LogP contribution in [0, 0.1) is 0 Å². The number of carbonyl (C=O) groups is 1. The number of morpholine rings is 1. The standard InChI is InChI=1S/C17H19ClN4O3/c18-11-3-1-10(2-4-11)15-8-22-7-12(5-13(22)9-25-15)20-16(23)14-6-19-17(24)21-14/h1-4,6,12-13,15H,5,7-9H2,(H,20,23)(H2,19,21,24)/t12-,13-,15+/m0/s1. The van der Waals surface area contributed by atoms with Crippen LogP contribution in [0.2, 0.25) is 5.02 Å². The fourth-order valence-corrected chi connectivity index (χ4v) is 3.70. The Hall–Kier alpha value is -2.09. The predicted octanol–water partition coefficient (Wildman–Crippen LogP) is 1.30. The van der Waals surface area contributed by atoms with Crippen LogP contribution < -0.4 is 11.0 Å². The van der Waals surface area contributed by atoms with Gasteiger partial charge in [0.2, 0.25) is 0 Å². The normalized spacial score (nSPS) is 26.4. The Bertz CT molecular complexity index is 816. The molecule has 3 N–H and O–H groups in total. The van der Waals surface area contributed by atoms with Gasteiger partial charge in [0.05, 0.1) is 12.7 Å². The third kappa shape index (κ3) is 3.49. The number of nitrogens with one attached hydrogen (secondary N) is 3. The maximum Gasteiger partial charge on any atom is 0.323 e. The van der Waals surface area contributed by atoms with Crippen molar-refractivity contribution in [3.8, 4) is 0 Å². The molecule has 0 aliphatic carbocycles. The molecular formula is C17H19ClN4O3. The maximum atomic E-state index is 12.2. The minimum Gasteiger partial charge on any atom is -0.371 e. The number of carbonyl (C=O) groups excluding carboxylic acids is 1. The van der Waals surface area contributed by atoms with Crippen molar-refractivity contribution in [2.45, 2.75) is 24.6 Å². The first-order chi connectivity index (χ1) is 12.1. The third-order valence-corrected chi connectivity index (χ3v) is 5.09. The van der Waals surface area contributed by atoms with E-state index in [2.05, 4.69) is 20.2 Å². The van der Waals surface area contributed by atoms with Crippen molar-refractivity contribution in [2.24, 2.45) is 0 Å². The summed E-state index contributed by atoms with van der Waals surface area (Å²) in [5.74, 6) is -0.265. The molecule has 132 valence electrons. The zero-order valence-electron chi connectivity index (χ0n) is 13.5. The van der Waals surface area contributed by atoms with Crippen LogP contribution in [0.5, 0.6) is 0 Å². The van der Waals surface area contributed by atoms with E-state index in [1.54, 1.807) is 0 Å². The molecule has 1 aromatic carbocycles. The number of ether oxygens (including phenoxy) is 1. The SMILES string of the molecule is O=C(N[C@H]1C[C@H]2CO[C@@H](c3ccc(Cl)cc3)CN2C1)c1c[nH]c(=O)[nH]1. The van der Waals surface area contributed by atoms with Gasteiger partial charge in [0.25, 0.3) is 5.91 Å². The first kappa shape index (κ1) is 16.4. The highest BCUT2D eigenvalue weighted by Crippen LogP contribution is 2.30. The van der Waals surface area contributed by atoms with E-state index in [0.29, 0.717) is 17.7 Å². The smallest absolute Gasteiger partial charge is 0.323 e. The molecule has 2 aliphatic heterocycles. The molecule has 3 atom stereocenters. The van der Waals surface area contributed by atoms with Gasteiger partial charge in [-0.2, -0.15) is 0 Å². The number of aromatic amines is 2. The van der Waals surface area contributed by atoms with E-state index in [-0.39, 0.29) is 29.4 Å². The number of hydrogen-bond donors (Lipinski definition) is 3. The lowest BCUT2D eigenvalue weighted by Crippen LogP contribution is -2.43. The number of H-pyrrole nitrogens is 2. The molecule has 1 amide bonds. The zero-order valence-corrected chi connectivity index (χ0v) is 14.3. The van der Waals surface area contributed by atoms with Gasteiger partial charge in [0, 0.05) is 36.4 Å². The molecule has 2 aromatic rings. The van der Waals surface area contributed by atoms with Gasteiger partial charge in [-0.05, 0) is 24.1 Å². The average molecular weight is 363 g/mol. The van der Waals surface area contributed by atoms with Crippen molar-refractivity contribution < 1.29 is 9.53 Å². The number of aromatic nitrogens is 2. The van der Waals surface area contributed by atoms with Gasteiger partial charge in [-0.3, -0.25) is 9.69 Å². The lowest BCUT2D eigenvalue weighted by molar-refractivity contribution is -0.0502. The van der Waals surface area contributed by atoms with Gasteiger partial charge in [-0.25, -0.2) is 4.79 Å². The second-order valence-corrected chi connectivity index (χ2v) is 6.98. The summed E-state index contributed by atoms with van der Waals surface area (Å²) in [6.45, 7) is 2.21. The number of benzene rings is 1. The molecule has 0 radical (unpaired) electrons. The molecule has 4 rings (SSSR count). The number of halogens is 1. The van der Waals surface area contributed by atoms with Gasteiger partial charge < -0.3 is 20.0 Å². The summed E-state index contributed by atoms with van der Waals surface area (Å²) in [7, 11) is 0. The molecule has 25 heavy (non-hydrogen) atoms. The number of imidazole rings is 1. The van der Waals surface area contributed by atoms with Gasteiger partial charge in [-0.15, -0.1) is 0 Å². The van der Waals surface area contributed by atoms with Crippen molar-refractivity contribution in [3.63, 3.8) is 0 Å². The summed E-state index contributed by atoms with van der Waals surface area (Å²) >= 11 is 5.94. The fourth-order valence-electron chi connectivity index (χ4n) is 3.58.